The fourth-order valence-corrected chi connectivity index (χ4v) is 3.37. The molecule has 0 aliphatic carbocycles. The molecule has 0 radical (unpaired) electrons. The molecular weight excluding hydrogens is 364 g/mol. The number of pyridine rings is 1. The molecule has 0 spiro atoms. The highest BCUT2D eigenvalue weighted by atomic mass is 32.1. The van der Waals surface area contributed by atoms with Crippen LogP contribution in [-0.4, -0.2) is 27.3 Å². The van der Waals surface area contributed by atoms with Gasteiger partial charge in [0.05, 0.1) is 10.6 Å². The van der Waals surface area contributed by atoms with E-state index < -0.39 is 4.92 Å². The van der Waals surface area contributed by atoms with Crippen molar-refractivity contribution >= 4 is 22.9 Å². The highest BCUT2D eigenvalue weighted by Gasteiger charge is 2.08. The molecule has 27 heavy (non-hydrogen) atoms. The van der Waals surface area contributed by atoms with Gasteiger partial charge in [-0.1, -0.05) is 12.1 Å². The van der Waals surface area contributed by atoms with E-state index in [4.69, 9.17) is 0 Å². The molecule has 0 aliphatic heterocycles. The molecule has 0 fully saturated rings. The number of nitrogens with one attached hydrogen (secondary N) is 1. The first kappa shape index (κ1) is 18.7. The van der Waals surface area contributed by atoms with Gasteiger partial charge in [0.2, 0.25) is 5.91 Å². The van der Waals surface area contributed by atoms with Gasteiger partial charge in [-0.05, 0) is 30.5 Å². The number of carbonyl (C=O) groups excluding carboxylic acids is 1. The van der Waals surface area contributed by atoms with Gasteiger partial charge in [0.25, 0.3) is 5.69 Å². The van der Waals surface area contributed by atoms with Crippen LogP contribution >= 0.6 is 11.3 Å². The lowest BCUT2D eigenvalue weighted by atomic mass is 10.1. The number of nitro groups is 1. The van der Waals surface area contributed by atoms with Crippen LogP contribution < -0.4 is 5.32 Å². The summed E-state index contributed by atoms with van der Waals surface area (Å²) in [4.78, 5) is 30.7. The summed E-state index contributed by atoms with van der Waals surface area (Å²) in [5.74, 6) is -0.0321. The minimum absolute atomic E-state index is 0.0321. The van der Waals surface area contributed by atoms with Crippen molar-refractivity contribution in [2.45, 2.75) is 19.3 Å². The van der Waals surface area contributed by atoms with Crippen LogP contribution in [0.2, 0.25) is 0 Å². The number of non-ortho nitro benzene ring substituents is 1. The summed E-state index contributed by atoms with van der Waals surface area (Å²) in [5.41, 5.74) is 2.94. The van der Waals surface area contributed by atoms with E-state index in [0.29, 0.717) is 25.8 Å². The van der Waals surface area contributed by atoms with Crippen molar-refractivity contribution in [1.29, 1.82) is 0 Å². The quantitative estimate of drug-likeness (QED) is 0.475. The topological polar surface area (TPSA) is 98.0 Å². The Morgan fingerprint density at radius 1 is 1.11 bits per heavy atom. The Morgan fingerprint density at radius 3 is 2.56 bits per heavy atom. The molecular formula is C19H18N4O3S. The van der Waals surface area contributed by atoms with Crippen molar-refractivity contribution < 1.29 is 9.72 Å². The summed E-state index contributed by atoms with van der Waals surface area (Å²) >= 11 is 1.55. The molecule has 0 bridgehead atoms. The molecule has 0 saturated heterocycles. The molecule has 1 aromatic carbocycles. The van der Waals surface area contributed by atoms with E-state index in [1.165, 1.54) is 12.1 Å². The van der Waals surface area contributed by atoms with E-state index in [-0.39, 0.29) is 11.6 Å². The van der Waals surface area contributed by atoms with Gasteiger partial charge in [0, 0.05) is 48.4 Å². The van der Waals surface area contributed by atoms with Gasteiger partial charge in [0.15, 0.2) is 0 Å². The lowest BCUT2D eigenvalue weighted by Gasteiger charge is -2.05. The second kappa shape index (κ2) is 9.00. The minimum atomic E-state index is -0.426. The summed E-state index contributed by atoms with van der Waals surface area (Å²) in [6, 6.07) is 10.2. The predicted octanol–water partition coefficient (Wildman–Crippen LogP) is 3.40. The Hall–Kier alpha value is -3.13. The average Bonchev–Trinajstić information content (AvgIpc) is 3.16. The summed E-state index contributed by atoms with van der Waals surface area (Å²) in [7, 11) is 0. The number of thiazole rings is 1. The monoisotopic (exact) mass is 382 g/mol. The number of hydrogen-bond acceptors (Lipinski definition) is 6. The predicted molar refractivity (Wildman–Crippen MR) is 103 cm³/mol. The van der Waals surface area contributed by atoms with Crippen molar-refractivity contribution in [3.8, 4) is 10.6 Å². The standard InChI is InChI=1S/C19H18N4O3S/c24-18(21-12-7-14-1-4-17(5-2-14)23(25)26)6-3-16-13-27-19(22-16)15-8-10-20-11-9-15/h1-2,4-5,8-11,13H,3,6-7,12H2,(H,21,24). The molecule has 138 valence electrons. The van der Waals surface area contributed by atoms with E-state index >= 15 is 0 Å². The van der Waals surface area contributed by atoms with Crippen LogP contribution in [-0.2, 0) is 17.6 Å². The Balaban J connectivity index is 1.41. The number of rotatable bonds is 8. The fourth-order valence-electron chi connectivity index (χ4n) is 2.51. The summed E-state index contributed by atoms with van der Waals surface area (Å²) < 4.78 is 0. The first-order valence-electron chi connectivity index (χ1n) is 8.46. The maximum absolute atomic E-state index is 12.0. The first-order valence-corrected chi connectivity index (χ1v) is 9.34. The molecule has 0 atom stereocenters. The van der Waals surface area contributed by atoms with Crippen molar-refractivity contribution in [2.75, 3.05) is 6.54 Å². The lowest BCUT2D eigenvalue weighted by molar-refractivity contribution is -0.384. The van der Waals surface area contributed by atoms with Crippen molar-refractivity contribution in [1.82, 2.24) is 15.3 Å². The number of nitrogens with zero attached hydrogens (tertiary/aromatic N) is 3. The Kier molecular flexibility index (Phi) is 6.22. The van der Waals surface area contributed by atoms with Crippen molar-refractivity contribution in [3.63, 3.8) is 0 Å². The number of hydrogen-bond donors (Lipinski definition) is 1. The zero-order valence-electron chi connectivity index (χ0n) is 14.5. The van der Waals surface area contributed by atoms with Gasteiger partial charge in [-0.15, -0.1) is 11.3 Å². The molecule has 0 unspecified atom stereocenters. The van der Waals surface area contributed by atoms with E-state index in [1.807, 2.05) is 17.5 Å². The lowest BCUT2D eigenvalue weighted by Crippen LogP contribution is -2.25. The Bertz CT molecular complexity index is 910. The number of amides is 1. The Morgan fingerprint density at radius 2 is 1.85 bits per heavy atom. The van der Waals surface area contributed by atoms with Crippen LogP contribution in [0.3, 0.4) is 0 Å². The third kappa shape index (κ3) is 5.42. The van der Waals surface area contributed by atoms with Crippen molar-refractivity contribution in [3.05, 3.63) is 75.5 Å². The number of carbonyl (C=O) groups is 1. The molecule has 0 saturated carbocycles. The van der Waals surface area contributed by atoms with Gasteiger partial charge >= 0.3 is 0 Å². The third-order valence-electron chi connectivity index (χ3n) is 3.97. The zero-order valence-corrected chi connectivity index (χ0v) is 15.3. The molecule has 8 heteroatoms. The highest BCUT2D eigenvalue weighted by Crippen LogP contribution is 2.23. The highest BCUT2D eigenvalue weighted by molar-refractivity contribution is 7.13. The van der Waals surface area contributed by atoms with Gasteiger partial charge in [-0.2, -0.15) is 0 Å². The largest absolute Gasteiger partial charge is 0.356 e. The van der Waals surface area contributed by atoms with E-state index in [9.17, 15) is 14.9 Å². The van der Waals surface area contributed by atoms with Crippen LogP contribution in [0, 0.1) is 10.1 Å². The summed E-state index contributed by atoms with van der Waals surface area (Å²) in [5, 5.41) is 16.4. The van der Waals surface area contributed by atoms with Crippen LogP contribution in [0.15, 0.2) is 54.2 Å². The zero-order chi connectivity index (χ0) is 19.1. The number of nitro benzene ring substituents is 1. The number of aryl methyl sites for hydroxylation is 1. The number of aromatic nitrogens is 2. The molecule has 7 nitrogen and oxygen atoms in total. The van der Waals surface area contributed by atoms with Crippen LogP contribution in [0.5, 0.6) is 0 Å². The SMILES string of the molecule is O=C(CCc1csc(-c2ccncc2)n1)NCCc1ccc([N+](=O)[O-])cc1. The summed E-state index contributed by atoms with van der Waals surface area (Å²) in [6.45, 7) is 0.496. The van der Waals surface area contributed by atoms with E-state index in [2.05, 4.69) is 15.3 Å². The smallest absolute Gasteiger partial charge is 0.269 e. The van der Waals surface area contributed by atoms with Gasteiger partial charge in [-0.25, -0.2) is 4.98 Å². The molecule has 3 rings (SSSR count). The first-order chi connectivity index (χ1) is 13.1. The average molecular weight is 382 g/mol. The van der Waals surface area contributed by atoms with Gasteiger partial charge in [-0.3, -0.25) is 19.9 Å². The normalized spacial score (nSPS) is 10.5. The van der Waals surface area contributed by atoms with E-state index in [1.54, 1.807) is 35.9 Å². The number of benzene rings is 1. The molecule has 0 aliphatic rings. The van der Waals surface area contributed by atoms with Crippen LogP contribution in [0.4, 0.5) is 5.69 Å². The van der Waals surface area contributed by atoms with Gasteiger partial charge < -0.3 is 5.32 Å². The fraction of sp³-hybridized carbons (Fsp3) is 0.211. The summed E-state index contributed by atoms with van der Waals surface area (Å²) in [6.07, 6.45) is 5.06. The maximum atomic E-state index is 12.0. The second-order valence-corrected chi connectivity index (χ2v) is 6.76. The van der Waals surface area contributed by atoms with Crippen LogP contribution in [0.25, 0.3) is 10.6 Å². The Labute approximate surface area is 160 Å². The van der Waals surface area contributed by atoms with Crippen LogP contribution in [0.1, 0.15) is 17.7 Å². The molecule has 2 heterocycles. The molecule has 1 amide bonds. The maximum Gasteiger partial charge on any atom is 0.269 e. The second-order valence-electron chi connectivity index (χ2n) is 5.90. The molecule has 2 aromatic heterocycles. The minimum Gasteiger partial charge on any atom is -0.356 e. The van der Waals surface area contributed by atoms with E-state index in [0.717, 1.165) is 21.8 Å². The molecule has 1 N–H and O–H groups in total. The van der Waals surface area contributed by atoms with Gasteiger partial charge in [0.1, 0.15) is 5.01 Å². The van der Waals surface area contributed by atoms with Crippen molar-refractivity contribution in [2.24, 2.45) is 0 Å². The molecule has 3 aromatic rings. The third-order valence-corrected chi connectivity index (χ3v) is 4.91.